The van der Waals surface area contributed by atoms with E-state index < -0.39 is 0 Å². The normalized spacial score (nSPS) is 13.0. The molecule has 0 spiro atoms. The van der Waals surface area contributed by atoms with Gasteiger partial charge >= 0.3 is 0 Å². The third-order valence-electron chi connectivity index (χ3n) is 3.28. The van der Waals surface area contributed by atoms with Crippen LogP contribution in [-0.2, 0) is 13.0 Å². The van der Waals surface area contributed by atoms with Crippen LogP contribution in [0.5, 0.6) is 0 Å². The van der Waals surface area contributed by atoms with E-state index in [4.69, 9.17) is 4.42 Å². The first kappa shape index (κ1) is 16.2. The van der Waals surface area contributed by atoms with Crippen LogP contribution in [0.15, 0.2) is 27.7 Å². The number of nitrogens with one attached hydrogen (secondary N) is 1. The molecule has 0 aromatic carbocycles. The molecule has 0 aliphatic rings. The Morgan fingerprint density at radius 2 is 2.24 bits per heavy atom. The second-order valence-corrected chi connectivity index (χ2v) is 6.33. The fourth-order valence-corrected chi connectivity index (χ4v) is 2.81. The van der Waals surface area contributed by atoms with E-state index in [9.17, 15) is 0 Å². The van der Waals surface area contributed by atoms with Crippen LogP contribution in [0.2, 0.25) is 0 Å². The van der Waals surface area contributed by atoms with Gasteiger partial charge in [0.05, 0.1) is 6.26 Å². The average molecular weight is 355 g/mol. The van der Waals surface area contributed by atoms with Crippen LogP contribution in [0.3, 0.4) is 0 Å². The summed E-state index contributed by atoms with van der Waals surface area (Å²) in [6.45, 7) is 8.38. The Balaban J connectivity index is 2.15. The summed E-state index contributed by atoms with van der Waals surface area (Å²) in [5.41, 5.74) is 1.13. The molecule has 0 aliphatic heterocycles. The summed E-state index contributed by atoms with van der Waals surface area (Å²) >= 11 is 3.47. The zero-order valence-corrected chi connectivity index (χ0v) is 14.4. The highest BCUT2D eigenvalue weighted by Gasteiger charge is 2.19. The van der Waals surface area contributed by atoms with E-state index >= 15 is 0 Å². The lowest BCUT2D eigenvalue weighted by Gasteiger charge is -2.18. The molecule has 1 unspecified atom stereocenters. The van der Waals surface area contributed by atoms with E-state index in [1.54, 1.807) is 12.6 Å². The van der Waals surface area contributed by atoms with Gasteiger partial charge in [-0.1, -0.05) is 20.8 Å². The number of hydrogen-bond donors (Lipinski definition) is 1. The van der Waals surface area contributed by atoms with Gasteiger partial charge in [0.2, 0.25) is 0 Å². The van der Waals surface area contributed by atoms with Crippen LogP contribution < -0.4 is 5.32 Å². The molecule has 2 aromatic rings. The third kappa shape index (κ3) is 4.41. The molecule has 0 saturated carbocycles. The fourth-order valence-electron chi connectivity index (χ4n) is 2.29. The van der Waals surface area contributed by atoms with Gasteiger partial charge in [-0.25, -0.2) is 9.67 Å². The van der Waals surface area contributed by atoms with E-state index in [0.717, 1.165) is 42.0 Å². The maximum atomic E-state index is 5.37. The van der Waals surface area contributed by atoms with Gasteiger partial charge in [-0.3, -0.25) is 0 Å². The molecule has 116 valence electrons. The Kier molecular flexibility index (Phi) is 5.99. The van der Waals surface area contributed by atoms with Gasteiger partial charge in [0.15, 0.2) is 4.67 Å². The minimum atomic E-state index is 0.174. The summed E-state index contributed by atoms with van der Waals surface area (Å²) < 4.78 is 8.16. The van der Waals surface area contributed by atoms with Gasteiger partial charge in [0.1, 0.15) is 12.2 Å². The van der Waals surface area contributed by atoms with E-state index in [1.807, 2.05) is 10.7 Å². The minimum Gasteiger partial charge on any atom is -0.457 e. The summed E-state index contributed by atoms with van der Waals surface area (Å²) in [5.74, 6) is 1.55. The van der Waals surface area contributed by atoms with Gasteiger partial charge in [-0.15, -0.1) is 0 Å². The molecule has 1 atom stereocenters. The van der Waals surface area contributed by atoms with Crippen LogP contribution >= 0.6 is 15.9 Å². The average Bonchev–Trinajstić information content (AvgIpc) is 3.03. The molecular weight excluding hydrogens is 332 g/mol. The van der Waals surface area contributed by atoms with Gasteiger partial charge in [0, 0.05) is 24.6 Å². The summed E-state index contributed by atoms with van der Waals surface area (Å²) in [6, 6.07) is 2.17. The largest absolute Gasteiger partial charge is 0.457 e. The fraction of sp³-hybridized carbons (Fsp3) is 0.600. The summed E-state index contributed by atoms with van der Waals surface area (Å²) in [7, 11) is 0. The lowest BCUT2D eigenvalue weighted by Crippen LogP contribution is -2.25. The van der Waals surface area contributed by atoms with Crippen LogP contribution in [0.25, 0.3) is 0 Å². The van der Waals surface area contributed by atoms with E-state index in [2.05, 4.69) is 52.1 Å². The quantitative estimate of drug-likeness (QED) is 0.787. The molecule has 2 heterocycles. The first-order valence-corrected chi connectivity index (χ1v) is 8.24. The van der Waals surface area contributed by atoms with Crippen molar-refractivity contribution in [2.24, 2.45) is 5.92 Å². The molecule has 6 heteroatoms. The lowest BCUT2D eigenvalue weighted by molar-refractivity contribution is 0.440. The molecule has 0 fully saturated rings. The second kappa shape index (κ2) is 7.75. The maximum absolute atomic E-state index is 5.37. The Morgan fingerprint density at radius 3 is 2.86 bits per heavy atom. The molecule has 2 aromatic heterocycles. The molecule has 0 radical (unpaired) electrons. The van der Waals surface area contributed by atoms with E-state index in [0.29, 0.717) is 5.92 Å². The van der Waals surface area contributed by atoms with Crippen LogP contribution in [0, 0.1) is 5.92 Å². The summed E-state index contributed by atoms with van der Waals surface area (Å²) in [4.78, 5) is 4.42. The highest BCUT2D eigenvalue weighted by atomic mass is 79.9. The van der Waals surface area contributed by atoms with Crippen LogP contribution in [-0.4, -0.2) is 21.3 Å². The van der Waals surface area contributed by atoms with Crippen LogP contribution in [0.4, 0.5) is 0 Å². The molecule has 0 amide bonds. The monoisotopic (exact) mass is 354 g/mol. The molecule has 1 N–H and O–H groups in total. The van der Waals surface area contributed by atoms with Gasteiger partial charge in [-0.05, 0) is 40.9 Å². The van der Waals surface area contributed by atoms with Gasteiger partial charge in [-0.2, -0.15) is 5.10 Å². The van der Waals surface area contributed by atoms with Crippen molar-refractivity contribution in [1.29, 1.82) is 0 Å². The Hall–Kier alpha value is -1.14. The third-order valence-corrected chi connectivity index (χ3v) is 3.93. The van der Waals surface area contributed by atoms with Crippen molar-refractivity contribution in [2.75, 3.05) is 6.54 Å². The van der Waals surface area contributed by atoms with Crippen molar-refractivity contribution in [2.45, 2.75) is 46.2 Å². The van der Waals surface area contributed by atoms with Crippen molar-refractivity contribution in [3.63, 3.8) is 0 Å². The number of hydrogen-bond acceptors (Lipinski definition) is 4. The Bertz CT molecular complexity index is 549. The minimum absolute atomic E-state index is 0.174. The molecule has 2 rings (SSSR count). The number of nitrogens with zero attached hydrogens (tertiary/aromatic N) is 3. The Morgan fingerprint density at radius 1 is 1.43 bits per heavy atom. The molecular formula is C15H23BrN4O. The maximum Gasteiger partial charge on any atom is 0.173 e. The van der Waals surface area contributed by atoms with Gasteiger partial charge < -0.3 is 9.73 Å². The zero-order valence-electron chi connectivity index (χ0n) is 12.8. The molecule has 21 heavy (non-hydrogen) atoms. The predicted octanol–water partition coefficient (Wildman–Crippen LogP) is 3.57. The number of aromatic nitrogens is 3. The molecule has 0 bridgehead atoms. The predicted molar refractivity (Wildman–Crippen MR) is 86.0 cm³/mol. The zero-order chi connectivity index (χ0) is 15.2. The molecule has 5 nitrogen and oxygen atoms in total. The number of halogens is 1. The standard InChI is InChI=1S/C15H23BrN4O/c1-4-6-17-13(12-5-7-21-15(12)16)8-14-18-10-19-20(14)9-11(2)3/h5,7,10-11,13,17H,4,6,8-9H2,1-3H3. The van der Waals surface area contributed by atoms with Crippen molar-refractivity contribution < 1.29 is 4.42 Å². The summed E-state index contributed by atoms with van der Waals surface area (Å²) in [6.07, 6.45) is 5.23. The lowest BCUT2D eigenvalue weighted by atomic mass is 10.1. The molecule has 0 saturated heterocycles. The number of rotatable bonds is 8. The highest BCUT2D eigenvalue weighted by molar-refractivity contribution is 9.10. The first-order valence-electron chi connectivity index (χ1n) is 7.44. The molecule has 0 aliphatic carbocycles. The topological polar surface area (TPSA) is 55.9 Å². The SMILES string of the molecule is CCCNC(Cc1ncnn1CC(C)C)c1ccoc1Br. The smallest absolute Gasteiger partial charge is 0.173 e. The van der Waals surface area contributed by atoms with Crippen molar-refractivity contribution in [3.8, 4) is 0 Å². The van der Waals surface area contributed by atoms with Gasteiger partial charge in [0.25, 0.3) is 0 Å². The van der Waals surface area contributed by atoms with E-state index in [1.165, 1.54) is 0 Å². The highest BCUT2D eigenvalue weighted by Crippen LogP contribution is 2.27. The first-order chi connectivity index (χ1) is 10.1. The second-order valence-electron chi connectivity index (χ2n) is 5.61. The van der Waals surface area contributed by atoms with E-state index in [-0.39, 0.29) is 6.04 Å². The summed E-state index contributed by atoms with van der Waals surface area (Å²) in [5, 5.41) is 7.90. The van der Waals surface area contributed by atoms with Crippen molar-refractivity contribution in [1.82, 2.24) is 20.1 Å². The Labute approximate surface area is 134 Å². The number of furan rings is 1. The van der Waals surface area contributed by atoms with Crippen molar-refractivity contribution in [3.05, 3.63) is 34.7 Å². The van der Waals surface area contributed by atoms with Crippen LogP contribution in [0.1, 0.15) is 44.6 Å². The van der Waals surface area contributed by atoms with Crippen molar-refractivity contribution >= 4 is 15.9 Å².